The lowest BCUT2D eigenvalue weighted by Gasteiger charge is -2.36. The maximum atomic E-state index is 12.1. The smallest absolute Gasteiger partial charge is 0.245 e. The van der Waals surface area contributed by atoms with Gasteiger partial charge in [-0.15, -0.1) is 0 Å². The van der Waals surface area contributed by atoms with E-state index in [0.29, 0.717) is 25.3 Å². The highest BCUT2D eigenvalue weighted by Crippen LogP contribution is 2.18. The average molecular weight is 225 g/mol. The molecule has 0 spiro atoms. The van der Waals surface area contributed by atoms with Crippen LogP contribution >= 0.6 is 0 Å². The zero-order valence-corrected chi connectivity index (χ0v) is 9.61. The Bertz CT molecular complexity index is 306. The van der Waals surface area contributed by atoms with E-state index in [4.69, 9.17) is 5.73 Å². The minimum Gasteiger partial charge on any atom is -0.344 e. The molecule has 3 unspecified atom stereocenters. The molecular weight excluding hydrogens is 206 g/mol. The summed E-state index contributed by atoms with van der Waals surface area (Å²) in [5, 5.41) is 2.72. The third-order valence-corrected chi connectivity index (χ3v) is 3.58. The number of carbonyl (C=O) groups is 2. The topological polar surface area (TPSA) is 75.4 Å². The summed E-state index contributed by atoms with van der Waals surface area (Å²) in [4.78, 5) is 25.0. The highest BCUT2D eigenvalue weighted by molar-refractivity contribution is 5.90. The average Bonchev–Trinajstić information content (AvgIpc) is 2.68. The van der Waals surface area contributed by atoms with E-state index in [1.807, 2.05) is 4.90 Å². The Balaban J connectivity index is 1.92. The molecule has 2 fully saturated rings. The van der Waals surface area contributed by atoms with E-state index in [1.54, 1.807) is 0 Å². The minimum absolute atomic E-state index is 0.0138. The van der Waals surface area contributed by atoms with E-state index in [9.17, 15) is 9.59 Å². The van der Waals surface area contributed by atoms with Crippen molar-refractivity contribution in [1.82, 2.24) is 10.2 Å². The van der Waals surface area contributed by atoms with E-state index < -0.39 is 0 Å². The summed E-state index contributed by atoms with van der Waals surface area (Å²) in [6.07, 6.45) is 1.96. The minimum atomic E-state index is -0.297. The predicted molar refractivity (Wildman–Crippen MR) is 59.5 cm³/mol. The van der Waals surface area contributed by atoms with E-state index in [2.05, 4.69) is 12.2 Å². The number of hydrogen-bond acceptors (Lipinski definition) is 3. The van der Waals surface area contributed by atoms with Crippen molar-refractivity contribution in [3.63, 3.8) is 0 Å². The van der Waals surface area contributed by atoms with E-state index in [-0.39, 0.29) is 23.9 Å². The molecule has 3 atom stereocenters. The first-order valence-electron chi connectivity index (χ1n) is 5.91. The van der Waals surface area contributed by atoms with Gasteiger partial charge in [0, 0.05) is 25.6 Å². The number of hydrogen-bond donors (Lipinski definition) is 2. The van der Waals surface area contributed by atoms with Crippen LogP contribution in [0.3, 0.4) is 0 Å². The Labute approximate surface area is 95.3 Å². The lowest BCUT2D eigenvalue weighted by molar-refractivity contribution is -0.136. The molecule has 0 aromatic heterocycles. The Hall–Kier alpha value is -1.10. The number of nitrogens with one attached hydrogen (secondary N) is 1. The number of rotatable bonds is 1. The van der Waals surface area contributed by atoms with Crippen molar-refractivity contribution < 1.29 is 9.59 Å². The van der Waals surface area contributed by atoms with Crippen molar-refractivity contribution in [1.29, 1.82) is 0 Å². The summed E-state index contributed by atoms with van der Waals surface area (Å²) < 4.78 is 0. The Morgan fingerprint density at radius 2 is 2.25 bits per heavy atom. The lowest BCUT2D eigenvalue weighted by Crippen LogP contribution is -2.52. The molecule has 0 aromatic carbocycles. The van der Waals surface area contributed by atoms with Gasteiger partial charge < -0.3 is 16.0 Å². The Kier molecular flexibility index (Phi) is 3.14. The van der Waals surface area contributed by atoms with Gasteiger partial charge in [-0.1, -0.05) is 6.92 Å². The highest BCUT2D eigenvalue weighted by atomic mass is 16.2. The number of amides is 2. The van der Waals surface area contributed by atoms with Gasteiger partial charge in [0.25, 0.3) is 0 Å². The molecule has 0 aliphatic carbocycles. The van der Waals surface area contributed by atoms with Gasteiger partial charge >= 0.3 is 0 Å². The van der Waals surface area contributed by atoms with E-state index >= 15 is 0 Å². The van der Waals surface area contributed by atoms with Crippen LogP contribution in [0.5, 0.6) is 0 Å². The van der Waals surface area contributed by atoms with Crippen LogP contribution in [-0.4, -0.2) is 41.9 Å². The van der Waals surface area contributed by atoms with E-state index in [1.165, 1.54) is 0 Å². The normalized spacial score (nSPS) is 35.0. The summed E-state index contributed by atoms with van der Waals surface area (Å²) in [6.45, 7) is 3.50. The van der Waals surface area contributed by atoms with E-state index in [0.717, 1.165) is 13.0 Å². The van der Waals surface area contributed by atoms with Crippen LogP contribution in [0, 0.1) is 5.92 Å². The largest absolute Gasteiger partial charge is 0.344 e. The van der Waals surface area contributed by atoms with Crippen LogP contribution in [0.15, 0.2) is 0 Å². The third kappa shape index (κ3) is 2.19. The molecule has 2 heterocycles. The van der Waals surface area contributed by atoms with Crippen molar-refractivity contribution in [2.75, 3.05) is 13.1 Å². The zero-order valence-electron chi connectivity index (χ0n) is 9.61. The first-order chi connectivity index (χ1) is 7.58. The van der Waals surface area contributed by atoms with Gasteiger partial charge in [0.15, 0.2) is 0 Å². The zero-order chi connectivity index (χ0) is 11.7. The second-order valence-electron chi connectivity index (χ2n) is 4.87. The molecular formula is C11H19N3O2. The highest BCUT2D eigenvalue weighted by Gasteiger charge is 2.33. The predicted octanol–water partition coefficient (Wildman–Crippen LogP) is -0.539. The molecule has 3 N–H and O–H groups in total. The molecule has 0 saturated carbocycles. The Morgan fingerprint density at radius 1 is 1.50 bits per heavy atom. The molecule has 2 aliphatic heterocycles. The third-order valence-electron chi connectivity index (χ3n) is 3.58. The van der Waals surface area contributed by atoms with Crippen LogP contribution in [0.4, 0.5) is 0 Å². The first-order valence-corrected chi connectivity index (χ1v) is 5.91. The van der Waals surface area contributed by atoms with Gasteiger partial charge in [0.2, 0.25) is 11.8 Å². The van der Waals surface area contributed by atoms with Crippen LogP contribution in [0.25, 0.3) is 0 Å². The SMILES string of the molecule is CC1CN(C(=O)C2CCC(=O)N2)CCC1N. The monoisotopic (exact) mass is 225 g/mol. The van der Waals surface area contributed by atoms with Crippen molar-refractivity contribution in [2.24, 2.45) is 11.7 Å². The molecule has 0 radical (unpaired) electrons. The summed E-state index contributed by atoms with van der Waals surface area (Å²) in [5.41, 5.74) is 5.91. The number of nitrogens with two attached hydrogens (primary N) is 1. The van der Waals surface area contributed by atoms with Gasteiger partial charge in [-0.25, -0.2) is 0 Å². The second kappa shape index (κ2) is 4.41. The molecule has 16 heavy (non-hydrogen) atoms. The summed E-state index contributed by atoms with van der Waals surface area (Å²) in [6, 6.07) is -0.101. The maximum Gasteiger partial charge on any atom is 0.245 e. The summed E-state index contributed by atoms with van der Waals surface area (Å²) >= 11 is 0. The Morgan fingerprint density at radius 3 is 2.81 bits per heavy atom. The molecule has 2 aliphatic rings. The standard InChI is InChI=1S/C11H19N3O2/c1-7-6-14(5-4-8(7)12)11(16)9-2-3-10(15)13-9/h7-9H,2-6,12H2,1H3,(H,13,15). The van der Waals surface area contributed by atoms with Crippen molar-refractivity contribution >= 4 is 11.8 Å². The van der Waals surface area contributed by atoms with Gasteiger partial charge in [0.1, 0.15) is 6.04 Å². The van der Waals surface area contributed by atoms with Crippen molar-refractivity contribution in [2.45, 2.75) is 38.3 Å². The fraction of sp³-hybridized carbons (Fsp3) is 0.818. The second-order valence-corrected chi connectivity index (χ2v) is 4.87. The molecule has 2 rings (SSSR count). The first kappa shape index (κ1) is 11.4. The van der Waals surface area contributed by atoms with Gasteiger partial charge in [-0.05, 0) is 18.8 Å². The number of nitrogens with zero attached hydrogens (tertiary/aromatic N) is 1. The fourth-order valence-electron chi connectivity index (χ4n) is 2.38. The van der Waals surface area contributed by atoms with Gasteiger partial charge in [-0.3, -0.25) is 9.59 Å². The molecule has 5 nitrogen and oxygen atoms in total. The molecule has 90 valence electrons. The van der Waals surface area contributed by atoms with Crippen molar-refractivity contribution in [3.05, 3.63) is 0 Å². The molecule has 0 bridgehead atoms. The molecule has 2 saturated heterocycles. The quantitative estimate of drug-likeness (QED) is 0.629. The molecule has 5 heteroatoms. The lowest BCUT2D eigenvalue weighted by atomic mass is 9.94. The number of carbonyl (C=O) groups excluding carboxylic acids is 2. The molecule has 0 aromatic rings. The van der Waals surface area contributed by atoms with Crippen LogP contribution in [0.2, 0.25) is 0 Å². The van der Waals surface area contributed by atoms with Crippen LogP contribution in [-0.2, 0) is 9.59 Å². The van der Waals surface area contributed by atoms with Crippen LogP contribution in [0.1, 0.15) is 26.2 Å². The maximum absolute atomic E-state index is 12.1. The van der Waals surface area contributed by atoms with Gasteiger partial charge in [0.05, 0.1) is 0 Å². The fourth-order valence-corrected chi connectivity index (χ4v) is 2.38. The number of piperidine rings is 1. The van der Waals surface area contributed by atoms with Gasteiger partial charge in [-0.2, -0.15) is 0 Å². The molecule has 2 amide bonds. The number of likely N-dealkylation sites (tertiary alicyclic amines) is 1. The summed E-state index contributed by atoms with van der Waals surface area (Å²) in [5.74, 6) is 0.388. The summed E-state index contributed by atoms with van der Waals surface area (Å²) in [7, 11) is 0. The van der Waals surface area contributed by atoms with Crippen LogP contribution < -0.4 is 11.1 Å². The van der Waals surface area contributed by atoms with Crippen molar-refractivity contribution in [3.8, 4) is 0 Å².